The number of halogens is 1. The van der Waals surface area contributed by atoms with Gasteiger partial charge >= 0.3 is 10.1 Å². The summed E-state index contributed by atoms with van der Waals surface area (Å²) >= 11 is 5.90. The van der Waals surface area contributed by atoms with Crippen molar-refractivity contribution in [2.24, 2.45) is 5.73 Å². The monoisotopic (exact) mass is 293 g/mol. The molecule has 1 rings (SSSR count). The number of nitrogens with two attached hydrogens (primary N) is 1. The first-order valence-electron chi connectivity index (χ1n) is 4.89. The molecule has 0 aliphatic heterocycles. The number of hydrogen-bond acceptors (Lipinski definition) is 5. The van der Waals surface area contributed by atoms with Crippen LogP contribution in [0.3, 0.4) is 0 Å². The minimum absolute atomic E-state index is 0.0182. The molecule has 0 bridgehead atoms. The zero-order chi connectivity index (χ0) is 13.9. The van der Waals surface area contributed by atoms with Gasteiger partial charge in [-0.2, -0.15) is 8.42 Å². The van der Waals surface area contributed by atoms with E-state index in [4.69, 9.17) is 17.3 Å². The quantitative estimate of drug-likeness (QED) is 0.781. The lowest BCUT2D eigenvalue weighted by Crippen LogP contribution is -2.12. The summed E-state index contributed by atoms with van der Waals surface area (Å²) in [6, 6.07) is 2.47. The zero-order valence-electron chi connectivity index (χ0n) is 9.51. The third-order valence-corrected chi connectivity index (χ3v) is 2.94. The summed E-state index contributed by atoms with van der Waals surface area (Å²) in [5.41, 5.74) is 5.21. The van der Waals surface area contributed by atoms with Gasteiger partial charge in [-0.05, 0) is 18.6 Å². The highest BCUT2D eigenvalue weighted by atomic mass is 35.5. The molecular formula is C10H12ClNO5S. The van der Waals surface area contributed by atoms with Crippen LogP contribution in [-0.4, -0.2) is 25.7 Å². The molecule has 0 heterocycles. The van der Waals surface area contributed by atoms with Gasteiger partial charge < -0.3 is 15.0 Å². The molecule has 100 valence electrons. The van der Waals surface area contributed by atoms with E-state index in [9.17, 15) is 18.3 Å². The molecule has 1 amide bonds. The smallest absolute Gasteiger partial charge is 0.306 e. The zero-order valence-corrected chi connectivity index (χ0v) is 11.1. The fourth-order valence-corrected chi connectivity index (χ4v) is 2.11. The number of rotatable bonds is 5. The summed E-state index contributed by atoms with van der Waals surface area (Å²) in [5, 5.41) is 9.53. The highest BCUT2D eigenvalue weighted by Crippen LogP contribution is 2.35. The molecule has 0 unspecified atom stereocenters. The molecule has 3 N–H and O–H groups in total. The Morgan fingerprint density at radius 3 is 2.61 bits per heavy atom. The Morgan fingerprint density at radius 1 is 1.50 bits per heavy atom. The van der Waals surface area contributed by atoms with Gasteiger partial charge in [0.05, 0.1) is 11.3 Å². The Balaban J connectivity index is 3.10. The van der Waals surface area contributed by atoms with E-state index in [1.165, 1.54) is 12.1 Å². The van der Waals surface area contributed by atoms with Crippen molar-refractivity contribution in [2.45, 2.75) is 12.8 Å². The summed E-state index contributed by atoms with van der Waals surface area (Å²) in [7, 11) is -3.72. The number of phenolic OH excluding ortho intramolecular Hbond substituents is 1. The second kappa shape index (κ2) is 5.45. The van der Waals surface area contributed by atoms with Crippen LogP contribution >= 0.6 is 11.6 Å². The second-order valence-electron chi connectivity index (χ2n) is 3.63. The van der Waals surface area contributed by atoms with E-state index in [2.05, 4.69) is 4.18 Å². The Hall–Kier alpha value is -1.47. The number of hydrogen-bond donors (Lipinski definition) is 2. The topological polar surface area (TPSA) is 107 Å². The molecule has 8 heteroatoms. The van der Waals surface area contributed by atoms with Crippen LogP contribution in [0.2, 0.25) is 5.02 Å². The van der Waals surface area contributed by atoms with Crippen molar-refractivity contribution >= 4 is 27.6 Å². The molecule has 0 radical (unpaired) electrons. The van der Waals surface area contributed by atoms with E-state index >= 15 is 0 Å². The van der Waals surface area contributed by atoms with Gasteiger partial charge in [-0.3, -0.25) is 4.79 Å². The molecule has 0 aliphatic rings. The second-order valence-corrected chi connectivity index (χ2v) is 5.58. The van der Waals surface area contributed by atoms with Crippen molar-refractivity contribution in [1.82, 2.24) is 0 Å². The first-order chi connectivity index (χ1) is 8.20. The van der Waals surface area contributed by atoms with E-state index in [0.717, 1.165) is 6.26 Å². The number of primary amides is 1. The molecule has 0 saturated heterocycles. The average molecular weight is 294 g/mol. The molecule has 0 fully saturated rings. The van der Waals surface area contributed by atoms with E-state index in [0.29, 0.717) is 0 Å². The Labute approximate surface area is 109 Å². The molecule has 0 spiro atoms. The highest BCUT2D eigenvalue weighted by molar-refractivity contribution is 7.86. The number of carbonyl (C=O) groups is 1. The van der Waals surface area contributed by atoms with Crippen molar-refractivity contribution in [3.8, 4) is 11.5 Å². The Morgan fingerprint density at radius 2 is 2.11 bits per heavy atom. The molecular weight excluding hydrogens is 282 g/mol. The first kappa shape index (κ1) is 14.6. The van der Waals surface area contributed by atoms with E-state index in [-0.39, 0.29) is 34.9 Å². The van der Waals surface area contributed by atoms with Crippen molar-refractivity contribution in [3.63, 3.8) is 0 Å². The lowest BCUT2D eigenvalue weighted by atomic mass is 10.1. The predicted octanol–water partition coefficient (Wildman–Crippen LogP) is 0.802. The van der Waals surface area contributed by atoms with Crippen LogP contribution < -0.4 is 9.92 Å². The maximum absolute atomic E-state index is 11.0. The lowest BCUT2D eigenvalue weighted by molar-refractivity contribution is -0.117. The summed E-state index contributed by atoms with van der Waals surface area (Å²) < 4.78 is 26.6. The molecule has 1 aromatic carbocycles. The third-order valence-electron chi connectivity index (χ3n) is 2.05. The summed E-state index contributed by atoms with van der Waals surface area (Å²) in [6.07, 6.45) is 0.954. The largest absolute Gasteiger partial charge is 0.508 e. The van der Waals surface area contributed by atoms with Crippen LogP contribution in [-0.2, 0) is 21.3 Å². The van der Waals surface area contributed by atoms with Gasteiger partial charge in [0.1, 0.15) is 5.75 Å². The fourth-order valence-electron chi connectivity index (χ4n) is 1.30. The Kier molecular flexibility index (Phi) is 4.42. The van der Waals surface area contributed by atoms with Crippen molar-refractivity contribution < 1.29 is 22.5 Å². The molecule has 0 aromatic heterocycles. The van der Waals surface area contributed by atoms with E-state index in [1.54, 1.807) is 0 Å². The van der Waals surface area contributed by atoms with Gasteiger partial charge in [-0.15, -0.1) is 0 Å². The molecule has 18 heavy (non-hydrogen) atoms. The van der Waals surface area contributed by atoms with Crippen LogP contribution in [0.1, 0.15) is 12.0 Å². The molecule has 1 aromatic rings. The van der Waals surface area contributed by atoms with Crippen LogP contribution in [0.15, 0.2) is 12.1 Å². The van der Waals surface area contributed by atoms with Crippen LogP contribution in [0.5, 0.6) is 11.5 Å². The highest BCUT2D eigenvalue weighted by Gasteiger charge is 2.16. The number of amides is 1. The minimum Gasteiger partial charge on any atom is -0.508 e. The third kappa shape index (κ3) is 4.08. The first-order valence-corrected chi connectivity index (χ1v) is 7.08. The summed E-state index contributed by atoms with van der Waals surface area (Å²) in [6.45, 7) is 0. The van der Waals surface area contributed by atoms with Crippen LogP contribution in [0.4, 0.5) is 0 Å². The molecule has 0 aliphatic carbocycles. The van der Waals surface area contributed by atoms with E-state index < -0.39 is 16.0 Å². The van der Waals surface area contributed by atoms with Gasteiger partial charge in [0.2, 0.25) is 5.91 Å². The standard InChI is InChI=1S/C10H12ClNO5S/c1-18(15,16)17-8-4-3-7(13)6(10(8)11)2-5-9(12)14/h3-4,13H,2,5H2,1H3,(H2,12,14). The number of benzene rings is 1. The van der Waals surface area contributed by atoms with Crippen LogP contribution in [0.25, 0.3) is 0 Å². The van der Waals surface area contributed by atoms with Gasteiger partial charge in [0, 0.05) is 12.0 Å². The molecule has 0 atom stereocenters. The van der Waals surface area contributed by atoms with Gasteiger partial charge in [0.25, 0.3) is 0 Å². The SMILES string of the molecule is CS(=O)(=O)Oc1ccc(O)c(CCC(N)=O)c1Cl. The van der Waals surface area contributed by atoms with Crippen LogP contribution in [0, 0.1) is 0 Å². The molecule has 0 saturated carbocycles. The maximum atomic E-state index is 11.0. The number of aromatic hydroxyl groups is 1. The van der Waals surface area contributed by atoms with Crippen molar-refractivity contribution in [1.29, 1.82) is 0 Å². The van der Waals surface area contributed by atoms with Crippen molar-refractivity contribution in [3.05, 3.63) is 22.7 Å². The van der Waals surface area contributed by atoms with Gasteiger partial charge in [0.15, 0.2) is 5.75 Å². The fraction of sp³-hybridized carbons (Fsp3) is 0.300. The van der Waals surface area contributed by atoms with E-state index in [1.807, 2.05) is 0 Å². The number of carbonyl (C=O) groups excluding carboxylic acids is 1. The summed E-state index contributed by atoms with van der Waals surface area (Å²) in [4.78, 5) is 10.7. The Bertz CT molecular complexity index is 570. The maximum Gasteiger partial charge on any atom is 0.306 e. The lowest BCUT2D eigenvalue weighted by Gasteiger charge is -2.10. The van der Waals surface area contributed by atoms with Gasteiger partial charge in [-0.1, -0.05) is 11.6 Å². The number of phenols is 1. The average Bonchev–Trinajstić information content (AvgIpc) is 2.20. The molecule has 6 nitrogen and oxygen atoms in total. The normalized spacial score (nSPS) is 11.2. The van der Waals surface area contributed by atoms with Gasteiger partial charge in [-0.25, -0.2) is 0 Å². The summed E-state index contributed by atoms with van der Waals surface area (Å²) in [5.74, 6) is -0.807. The van der Waals surface area contributed by atoms with Crippen molar-refractivity contribution in [2.75, 3.05) is 6.26 Å². The predicted molar refractivity (Wildman–Crippen MR) is 66.1 cm³/mol. The minimum atomic E-state index is -3.72.